The van der Waals surface area contributed by atoms with Gasteiger partial charge in [0.2, 0.25) is 5.75 Å². The number of aromatic hydroxyl groups is 2. The van der Waals surface area contributed by atoms with E-state index in [1.54, 1.807) is 24.3 Å². The Labute approximate surface area is 119 Å². The van der Waals surface area contributed by atoms with Crippen LogP contribution < -0.4 is 9.47 Å². The van der Waals surface area contributed by atoms with Crippen molar-refractivity contribution in [3.8, 4) is 23.0 Å². The fraction of sp³-hybridized carbons (Fsp3) is 0.250. The van der Waals surface area contributed by atoms with E-state index >= 15 is 0 Å². The molecule has 0 atom stereocenters. The smallest absolute Gasteiger partial charge is 0.200 e. The van der Waals surface area contributed by atoms with E-state index in [0.29, 0.717) is 17.2 Å². The summed E-state index contributed by atoms with van der Waals surface area (Å²) in [6, 6.07) is 10.6. The second-order valence-electron chi connectivity index (χ2n) is 4.35. The van der Waals surface area contributed by atoms with Crippen molar-refractivity contribution in [1.29, 1.82) is 0 Å². The average Bonchev–Trinajstić information content (AvgIpc) is 2.45. The SMILES string of the molecule is COc1cc(C)cc(OC)c1O.Cc1ccc(O)cc1. The molecule has 0 amide bonds. The minimum atomic E-state index is 0.0469. The predicted octanol–water partition coefficient (Wildman–Crippen LogP) is 3.42. The van der Waals surface area contributed by atoms with Crippen LogP contribution in [0.3, 0.4) is 0 Å². The number of methoxy groups -OCH3 is 2. The maximum absolute atomic E-state index is 9.46. The van der Waals surface area contributed by atoms with Gasteiger partial charge in [0.15, 0.2) is 11.5 Å². The first kappa shape index (κ1) is 15.7. The molecule has 0 aliphatic rings. The summed E-state index contributed by atoms with van der Waals surface area (Å²) in [5, 5.41) is 18.2. The molecule has 0 radical (unpaired) electrons. The minimum absolute atomic E-state index is 0.0469. The molecule has 0 saturated heterocycles. The summed E-state index contributed by atoms with van der Waals surface area (Å²) in [4.78, 5) is 0. The maximum Gasteiger partial charge on any atom is 0.200 e. The van der Waals surface area contributed by atoms with Crippen LogP contribution in [0, 0.1) is 13.8 Å². The van der Waals surface area contributed by atoms with Crippen molar-refractivity contribution in [3.63, 3.8) is 0 Å². The van der Waals surface area contributed by atoms with Crippen LogP contribution in [0.2, 0.25) is 0 Å². The number of ether oxygens (including phenoxy) is 2. The zero-order valence-electron chi connectivity index (χ0n) is 12.2. The number of hydrogen-bond donors (Lipinski definition) is 2. The van der Waals surface area contributed by atoms with Gasteiger partial charge in [-0.15, -0.1) is 0 Å². The van der Waals surface area contributed by atoms with Gasteiger partial charge in [0.05, 0.1) is 14.2 Å². The second kappa shape index (κ2) is 7.28. The maximum atomic E-state index is 9.46. The van der Waals surface area contributed by atoms with E-state index in [2.05, 4.69) is 0 Å². The number of phenolic OH excluding ortho intramolecular Hbond substituents is 2. The Morgan fingerprint density at radius 2 is 1.20 bits per heavy atom. The van der Waals surface area contributed by atoms with Crippen LogP contribution in [0.15, 0.2) is 36.4 Å². The highest BCUT2D eigenvalue weighted by molar-refractivity contribution is 5.52. The van der Waals surface area contributed by atoms with Gasteiger partial charge in [0, 0.05) is 0 Å². The van der Waals surface area contributed by atoms with E-state index in [1.165, 1.54) is 19.8 Å². The zero-order chi connectivity index (χ0) is 15.1. The molecular formula is C16H20O4. The van der Waals surface area contributed by atoms with Crippen LogP contribution in [0.4, 0.5) is 0 Å². The Morgan fingerprint density at radius 1 is 0.750 bits per heavy atom. The van der Waals surface area contributed by atoms with Crippen molar-refractivity contribution in [2.24, 2.45) is 0 Å². The normalized spacial score (nSPS) is 9.40. The number of rotatable bonds is 2. The van der Waals surface area contributed by atoms with Gasteiger partial charge in [-0.05, 0) is 43.7 Å². The lowest BCUT2D eigenvalue weighted by molar-refractivity contribution is 0.339. The second-order valence-corrected chi connectivity index (χ2v) is 4.35. The number of phenols is 2. The predicted molar refractivity (Wildman–Crippen MR) is 78.8 cm³/mol. The molecule has 0 spiro atoms. The average molecular weight is 276 g/mol. The molecule has 0 saturated carbocycles. The quantitative estimate of drug-likeness (QED) is 0.882. The molecule has 0 unspecified atom stereocenters. The first-order valence-electron chi connectivity index (χ1n) is 6.15. The van der Waals surface area contributed by atoms with Crippen molar-refractivity contribution in [1.82, 2.24) is 0 Å². The van der Waals surface area contributed by atoms with Crippen LogP contribution in [0.25, 0.3) is 0 Å². The van der Waals surface area contributed by atoms with E-state index in [4.69, 9.17) is 14.6 Å². The Kier molecular flexibility index (Phi) is 5.72. The van der Waals surface area contributed by atoms with Crippen molar-refractivity contribution in [2.75, 3.05) is 14.2 Å². The first-order valence-corrected chi connectivity index (χ1v) is 6.15. The van der Waals surface area contributed by atoms with E-state index in [-0.39, 0.29) is 5.75 Å². The van der Waals surface area contributed by atoms with Gasteiger partial charge in [-0.1, -0.05) is 17.7 Å². The lowest BCUT2D eigenvalue weighted by Crippen LogP contribution is -1.89. The third-order valence-electron chi connectivity index (χ3n) is 2.66. The summed E-state index contributed by atoms with van der Waals surface area (Å²) in [7, 11) is 3.02. The van der Waals surface area contributed by atoms with Gasteiger partial charge in [-0.25, -0.2) is 0 Å². The van der Waals surface area contributed by atoms with E-state index in [1.807, 2.05) is 26.0 Å². The van der Waals surface area contributed by atoms with E-state index in [0.717, 1.165) is 5.56 Å². The van der Waals surface area contributed by atoms with Gasteiger partial charge in [-0.2, -0.15) is 0 Å². The summed E-state index contributed by atoms with van der Waals surface area (Å²) in [6.07, 6.45) is 0. The molecule has 2 aromatic carbocycles. The van der Waals surface area contributed by atoms with Crippen LogP contribution in [0.1, 0.15) is 11.1 Å². The van der Waals surface area contributed by atoms with E-state index in [9.17, 15) is 5.11 Å². The summed E-state index contributed by atoms with van der Waals surface area (Å²) >= 11 is 0. The van der Waals surface area contributed by atoms with Gasteiger partial charge in [-0.3, -0.25) is 0 Å². The molecule has 0 bridgehead atoms. The van der Waals surface area contributed by atoms with E-state index < -0.39 is 0 Å². The third kappa shape index (κ3) is 4.39. The molecule has 0 aliphatic carbocycles. The largest absolute Gasteiger partial charge is 0.508 e. The molecule has 2 aromatic rings. The summed E-state index contributed by atoms with van der Waals surface area (Å²) < 4.78 is 9.88. The molecule has 4 heteroatoms. The van der Waals surface area contributed by atoms with Crippen LogP contribution in [-0.2, 0) is 0 Å². The Balaban J connectivity index is 0.000000217. The summed E-state index contributed by atoms with van der Waals surface area (Å²) in [5.41, 5.74) is 2.16. The topological polar surface area (TPSA) is 58.9 Å². The van der Waals surface area contributed by atoms with Gasteiger partial charge >= 0.3 is 0 Å². The van der Waals surface area contributed by atoms with Crippen LogP contribution in [-0.4, -0.2) is 24.4 Å². The fourth-order valence-electron chi connectivity index (χ4n) is 1.57. The highest BCUT2D eigenvalue weighted by atomic mass is 16.5. The molecule has 0 aromatic heterocycles. The monoisotopic (exact) mass is 276 g/mol. The Morgan fingerprint density at radius 3 is 1.55 bits per heavy atom. The van der Waals surface area contributed by atoms with Crippen LogP contribution in [0.5, 0.6) is 23.0 Å². The molecule has 2 N–H and O–H groups in total. The van der Waals surface area contributed by atoms with Crippen molar-refractivity contribution in [2.45, 2.75) is 13.8 Å². The summed E-state index contributed by atoms with van der Waals surface area (Å²) in [6.45, 7) is 3.89. The lowest BCUT2D eigenvalue weighted by atomic mass is 10.2. The minimum Gasteiger partial charge on any atom is -0.508 e. The van der Waals surface area contributed by atoms with Gasteiger partial charge < -0.3 is 19.7 Å². The molecule has 0 fully saturated rings. The standard InChI is InChI=1S/C9H12O3.C7H8O/c1-6-4-7(11-2)9(10)8(5-6)12-3;1-6-2-4-7(8)5-3-6/h4-5,10H,1-3H3;2-5,8H,1H3. The fourth-order valence-corrected chi connectivity index (χ4v) is 1.57. The molecular weight excluding hydrogens is 256 g/mol. The first-order chi connectivity index (χ1) is 9.47. The van der Waals surface area contributed by atoms with Crippen molar-refractivity contribution in [3.05, 3.63) is 47.5 Å². The molecule has 20 heavy (non-hydrogen) atoms. The molecule has 0 aliphatic heterocycles. The van der Waals surface area contributed by atoms with Crippen molar-refractivity contribution >= 4 is 0 Å². The highest BCUT2D eigenvalue weighted by Crippen LogP contribution is 2.36. The molecule has 4 nitrogen and oxygen atoms in total. The number of benzene rings is 2. The molecule has 0 heterocycles. The lowest BCUT2D eigenvalue weighted by Gasteiger charge is -2.08. The Bertz CT molecular complexity index is 501. The molecule has 108 valence electrons. The van der Waals surface area contributed by atoms with Crippen LogP contribution >= 0.6 is 0 Å². The van der Waals surface area contributed by atoms with Crippen molar-refractivity contribution < 1.29 is 19.7 Å². The molecule has 2 rings (SSSR count). The highest BCUT2D eigenvalue weighted by Gasteiger charge is 2.08. The third-order valence-corrected chi connectivity index (χ3v) is 2.66. The van der Waals surface area contributed by atoms with Gasteiger partial charge in [0.1, 0.15) is 5.75 Å². The van der Waals surface area contributed by atoms with Gasteiger partial charge in [0.25, 0.3) is 0 Å². The Hall–Kier alpha value is -2.36. The number of hydrogen-bond acceptors (Lipinski definition) is 4. The zero-order valence-corrected chi connectivity index (χ0v) is 12.2. The summed E-state index contributed by atoms with van der Waals surface area (Å²) in [5.74, 6) is 1.25. The number of aryl methyl sites for hydroxylation is 2.